The molecule has 0 heterocycles. The van der Waals surface area contributed by atoms with Gasteiger partial charge in [0.1, 0.15) is 13.2 Å². The van der Waals surface area contributed by atoms with Crippen molar-refractivity contribution in [3.05, 3.63) is 0 Å². The van der Waals surface area contributed by atoms with Gasteiger partial charge in [0.15, 0.2) is 6.10 Å². The molecule has 71 heavy (non-hydrogen) atoms. The zero-order valence-electron chi connectivity index (χ0n) is 48.9. The highest BCUT2D eigenvalue weighted by molar-refractivity contribution is 5.71. The molecular formula is C65H126O6. The Kier molecular flexibility index (Phi) is 56.4. The maximum atomic E-state index is 12.9. The third-order valence-corrected chi connectivity index (χ3v) is 15.3. The number of carbonyl (C=O) groups is 3. The highest BCUT2D eigenvalue weighted by Gasteiger charge is 2.19. The van der Waals surface area contributed by atoms with E-state index in [1.165, 1.54) is 257 Å². The van der Waals surface area contributed by atoms with Crippen molar-refractivity contribution in [3.8, 4) is 0 Å². The van der Waals surface area contributed by atoms with E-state index < -0.39 is 6.10 Å². The zero-order valence-corrected chi connectivity index (χ0v) is 48.9. The van der Waals surface area contributed by atoms with Crippen molar-refractivity contribution in [2.24, 2.45) is 11.8 Å². The van der Waals surface area contributed by atoms with Gasteiger partial charge in [-0.1, -0.05) is 330 Å². The van der Waals surface area contributed by atoms with Crippen molar-refractivity contribution >= 4 is 17.9 Å². The number of carbonyl (C=O) groups excluding carboxylic acids is 3. The lowest BCUT2D eigenvalue weighted by Crippen LogP contribution is -2.30. The van der Waals surface area contributed by atoms with E-state index in [2.05, 4.69) is 34.6 Å². The van der Waals surface area contributed by atoms with Gasteiger partial charge in [-0.2, -0.15) is 0 Å². The minimum atomic E-state index is -0.764. The first-order valence-electron chi connectivity index (χ1n) is 32.3. The van der Waals surface area contributed by atoms with E-state index >= 15 is 0 Å². The molecule has 0 radical (unpaired) electrons. The molecule has 0 aromatic carbocycles. The summed E-state index contributed by atoms with van der Waals surface area (Å²) in [5.41, 5.74) is 0. The summed E-state index contributed by atoms with van der Waals surface area (Å²) in [6.45, 7) is 11.5. The molecule has 0 N–H and O–H groups in total. The number of hydrogen-bond donors (Lipinski definition) is 0. The number of rotatable bonds is 59. The van der Waals surface area contributed by atoms with Crippen LogP contribution in [0.15, 0.2) is 0 Å². The van der Waals surface area contributed by atoms with Crippen LogP contribution in [-0.2, 0) is 28.6 Å². The van der Waals surface area contributed by atoms with Gasteiger partial charge in [-0.25, -0.2) is 0 Å². The molecule has 0 amide bonds. The van der Waals surface area contributed by atoms with E-state index in [1.54, 1.807) is 0 Å². The van der Waals surface area contributed by atoms with Crippen molar-refractivity contribution in [3.63, 3.8) is 0 Å². The molecule has 0 saturated heterocycles. The van der Waals surface area contributed by atoms with Gasteiger partial charge in [-0.3, -0.25) is 14.4 Å². The SMILES string of the molecule is CCCCCCCCCCCCCCCCCCCCCC(=O)OC[C@H](COC(=O)CCCCCCCCCCCCCCCCC(C)CC)OC(=O)CCCCCCCCCCCCCCCC(C)C. The molecular weight excluding hydrogens is 877 g/mol. The fraction of sp³-hybridized carbons (Fsp3) is 0.954. The smallest absolute Gasteiger partial charge is 0.306 e. The summed E-state index contributed by atoms with van der Waals surface area (Å²) in [6, 6.07) is 0. The number of esters is 3. The van der Waals surface area contributed by atoms with Gasteiger partial charge in [0.05, 0.1) is 0 Å². The third-order valence-electron chi connectivity index (χ3n) is 15.3. The minimum absolute atomic E-state index is 0.0619. The van der Waals surface area contributed by atoms with Crippen molar-refractivity contribution < 1.29 is 28.6 Å². The molecule has 422 valence electrons. The van der Waals surface area contributed by atoms with Crippen LogP contribution >= 0.6 is 0 Å². The quantitative estimate of drug-likeness (QED) is 0.0343. The van der Waals surface area contributed by atoms with E-state index in [0.717, 1.165) is 69.6 Å². The van der Waals surface area contributed by atoms with Crippen LogP contribution in [0.2, 0.25) is 0 Å². The van der Waals surface area contributed by atoms with Crippen LogP contribution in [0.3, 0.4) is 0 Å². The van der Waals surface area contributed by atoms with Crippen LogP contribution in [0.5, 0.6) is 0 Å². The molecule has 6 heteroatoms. The highest BCUT2D eigenvalue weighted by Crippen LogP contribution is 2.19. The Morgan fingerprint density at radius 3 is 0.803 bits per heavy atom. The molecule has 2 atom stereocenters. The average molecular weight is 1000 g/mol. The van der Waals surface area contributed by atoms with Gasteiger partial charge in [0.25, 0.3) is 0 Å². The van der Waals surface area contributed by atoms with E-state index in [4.69, 9.17) is 14.2 Å². The topological polar surface area (TPSA) is 78.9 Å². The second-order valence-electron chi connectivity index (χ2n) is 23.1. The molecule has 0 rings (SSSR count). The molecule has 0 saturated carbocycles. The largest absolute Gasteiger partial charge is 0.462 e. The first-order chi connectivity index (χ1) is 34.8. The maximum absolute atomic E-state index is 12.9. The predicted molar refractivity (Wildman–Crippen MR) is 307 cm³/mol. The van der Waals surface area contributed by atoms with E-state index in [0.29, 0.717) is 19.3 Å². The Morgan fingerprint density at radius 1 is 0.296 bits per heavy atom. The van der Waals surface area contributed by atoms with Gasteiger partial charge < -0.3 is 14.2 Å². The van der Waals surface area contributed by atoms with Gasteiger partial charge >= 0.3 is 17.9 Å². The molecule has 0 aliphatic rings. The zero-order chi connectivity index (χ0) is 51.8. The first kappa shape index (κ1) is 69.4. The fourth-order valence-electron chi connectivity index (χ4n) is 10.1. The lowest BCUT2D eigenvalue weighted by atomic mass is 9.99. The second kappa shape index (κ2) is 57.7. The van der Waals surface area contributed by atoms with Crippen LogP contribution in [-0.4, -0.2) is 37.2 Å². The van der Waals surface area contributed by atoms with Crippen LogP contribution in [0.1, 0.15) is 369 Å². The maximum Gasteiger partial charge on any atom is 0.306 e. The first-order valence-corrected chi connectivity index (χ1v) is 32.3. The summed E-state index contributed by atoms with van der Waals surface area (Å²) in [4.78, 5) is 38.3. The van der Waals surface area contributed by atoms with Crippen LogP contribution in [0.25, 0.3) is 0 Å². The van der Waals surface area contributed by atoms with E-state index in [1.807, 2.05) is 0 Å². The molecule has 0 aliphatic heterocycles. The molecule has 6 nitrogen and oxygen atoms in total. The summed E-state index contributed by atoms with van der Waals surface area (Å²) >= 11 is 0. The third kappa shape index (κ3) is 57.5. The number of hydrogen-bond acceptors (Lipinski definition) is 6. The Morgan fingerprint density at radius 2 is 0.535 bits per heavy atom. The molecule has 0 aromatic heterocycles. The van der Waals surface area contributed by atoms with Gasteiger partial charge in [0, 0.05) is 19.3 Å². The second-order valence-corrected chi connectivity index (χ2v) is 23.1. The molecule has 0 fully saturated rings. The van der Waals surface area contributed by atoms with Crippen LogP contribution in [0.4, 0.5) is 0 Å². The Bertz CT molecular complexity index is 1090. The monoisotopic (exact) mass is 1000 g/mol. The summed E-state index contributed by atoms with van der Waals surface area (Å²) in [7, 11) is 0. The van der Waals surface area contributed by atoms with Crippen molar-refractivity contribution in [1.82, 2.24) is 0 Å². The molecule has 0 aromatic rings. The van der Waals surface area contributed by atoms with Gasteiger partial charge in [-0.15, -0.1) is 0 Å². The summed E-state index contributed by atoms with van der Waals surface area (Å²) in [5.74, 6) is 0.903. The van der Waals surface area contributed by atoms with E-state index in [-0.39, 0.29) is 31.1 Å². The normalized spacial score (nSPS) is 12.4. The van der Waals surface area contributed by atoms with Crippen molar-refractivity contribution in [2.45, 2.75) is 375 Å². The Labute approximate surface area is 444 Å². The van der Waals surface area contributed by atoms with Crippen LogP contribution in [0, 0.1) is 11.8 Å². The predicted octanol–water partition coefficient (Wildman–Crippen LogP) is 21.6. The Hall–Kier alpha value is -1.59. The minimum Gasteiger partial charge on any atom is -0.462 e. The van der Waals surface area contributed by atoms with Crippen LogP contribution < -0.4 is 0 Å². The summed E-state index contributed by atoms with van der Waals surface area (Å²) in [5, 5.41) is 0. The lowest BCUT2D eigenvalue weighted by Gasteiger charge is -2.18. The lowest BCUT2D eigenvalue weighted by molar-refractivity contribution is -0.167. The average Bonchev–Trinajstić information content (AvgIpc) is 3.36. The summed E-state index contributed by atoms with van der Waals surface area (Å²) in [6.07, 6.45) is 63.8. The van der Waals surface area contributed by atoms with Crippen molar-refractivity contribution in [1.29, 1.82) is 0 Å². The standard InChI is InChI=1S/C65H126O6/c1-6-8-9-10-11-12-13-14-15-16-17-18-19-25-30-35-40-45-50-55-63(66)69-58-62(71-65(68)57-52-47-42-37-32-27-22-23-28-33-38-43-48-53-60(3)4)59-70-64(67)56-51-46-41-36-31-26-21-20-24-29-34-39-44-49-54-61(5)7-2/h60-62H,6-59H2,1-5H3/t61?,62-/m1/s1. The Balaban J connectivity index is 4.28. The highest BCUT2D eigenvalue weighted by atomic mass is 16.6. The molecule has 0 bridgehead atoms. The molecule has 0 spiro atoms. The summed E-state index contributed by atoms with van der Waals surface area (Å²) < 4.78 is 17.0. The van der Waals surface area contributed by atoms with Crippen molar-refractivity contribution in [2.75, 3.05) is 13.2 Å². The van der Waals surface area contributed by atoms with Gasteiger partial charge in [-0.05, 0) is 31.1 Å². The molecule has 1 unspecified atom stereocenters. The van der Waals surface area contributed by atoms with E-state index in [9.17, 15) is 14.4 Å². The number of ether oxygens (including phenoxy) is 3. The molecule has 0 aliphatic carbocycles. The number of unbranched alkanes of at least 4 members (excludes halogenated alkanes) is 43. The van der Waals surface area contributed by atoms with Gasteiger partial charge in [0.2, 0.25) is 0 Å². The fourth-order valence-corrected chi connectivity index (χ4v) is 10.1.